The lowest BCUT2D eigenvalue weighted by Crippen LogP contribution is -2.48. The number of para-hydroxylation sites is 1. The zero-order valence-electron chi connectivity index (χ0n) is 17.1. The van der Waals surface area contributed by atoms with Gasteiger partial charge in [0.15, 0.2) is 0 Å². The van der Waals surface area contributed by atoms with Crippen LogP contribution in [0.4, 0.5) is 5.69 Å². The number of anilines is 1. The predicted molar refractivity (Wildman–Crippen MR) is 122 cm³/mol. The standard InChI is InChI=1S/C25H25ClN2O2/c1-19-5-4-6-22(17-19)27-13-15-28(16-14-27)25(29)23-7-2-3-8-24(23)30-18-20-9-11-21(26)12-10-20/h2-12,17H,13-16,18H2,1H3. The molecular formula is C25H25ClN2O2. The van der Waals surface area contributed by atoms with Gasteiger partial charge in [-0.1, -0.05) is 48.0 Å². The van der Waals surface area contributed by atoms with Gasteiger partial charge in [0.1, 0.15) is 12.4 Å². The Labute approximate surface area is 182 Å². The van der Waals surface area contributed by atoms with E-state index in [1.807, 2.05) is 53.4 Å². The number of rotatable bonds is 5. The molecule has 1 aliphatic heterocycles. The summed E-state index contributed by atoms with van der Waals surface area (Å²) in [6, 6.07) is 23.5. The van der Waals surface area contributed by atoms with Crippen LogP contribution in [0.2, 0.25) is 5.02 Å². The average Bonchev–Trinajstić information content (AvgIpc) is 2.78. The van der Waals surface area contributed by atoms with E-state index in [0.29, 0.717) is 36.0 Å². The molecule has 0 bridgehead atoms. The second-order valence-electron chi connectivity index (χ2n) is 7.53. The molecule has 154 valence electrons. The Morgan fingerprint density at radius 3 is 2.40 bits per heavy atom. The van der Waals surface area contributed by atoms with E-state index in [1.54, 1.807) is 0 Å². The Bertz CT molecular complexity index is 1010. The van der Waals surface area contributed by atoms with Crippen molar-refractivity contribution in [2.75, 3.05) is 31.1 Å². The topological polar surface area (TPSA) is 32.8 Å². The van der Waals surface area contributed by atoms with Crippen molar-refractivity contribution in [1.82, 2.24) is 4.90 Å². The van der Waals surface area contributed by atoms with Crippen molar-refractivity contribution in [3.8, 4) is 5.75 Å². The van der Waals surface area contributed by atoms with Crippen molar-refractivity contribution in [1.29, 1.82) is 0 Å². The minimum absolute atomic E-state index is 0.0191. The summed E-state index contributed by atoms with van der Waals surface area (Å²) in [4.78, 5) is 17.4. The molecule has 0 spiro atoms. The van der Waals surface area contributed by atoms with Gasteiger partial charge in [0, 0.05) is 36.9 Å². The third-order valence-corrected chi connectivity index (χ3v) is 5.61. The van der Waals surface area contributed by atoms with Gasteiger partial charge in [-0.05, 0) is 54.4 Å². The first kappa shape index (κ1) is 20.3. The summed E-state index contributed by atoms with van der Waals surface area (Å²) in [6.07, 6.45) is 0. The van der Waals surface area contributed by atoms with Crippen molar-refractivity contribution in [3.05, 3.63) is 94.5 Å². The average molecular weight is 421 g/mol. The molecule has 0 saturated carbocycles. The molecule has 0 atom stereocenters. The Kier molecular flexibility index (Phi) is 6.24. The maximum Gasteiger partial charge on any atom is 0.257 e. The first-order chi connectivity index (χ1) is 14.6. The third-order valence-electron chi connectivity index (χ3n) is 5.36. The third kappa shape index (κ3) is 4.77. The van der Waals surface area contributed by atoms with Gasteiger partial charge in [-0.25, -0.2) is 0 Å². The summed E-state index contributed by atoms with van der Waals surface area (Å²) in [5.41, 5.74) is 4.08. The SMILES string of the molecule is Cc1cccc(N2CCN(C(=O)c3ccccc3OCc3ccc(Cl)cc3)CC2)c1. The maximum atomic E-state index is 13.2. The highest BCUT2D eigenvalue weighted by atomic mass is 35.5. The summed E-state index contributed by atoms with van der Waals surface area (Å²) < 4.78 is 5.98. The fourth-order valence-corrected chi connectivity index (χ4v) is 3.80. The van der Waals surface area contributed by atoms with Gasteiger partial charge in [0.2, 0.25) is 0 Å². The summed E-state index contributed by atoms with van der Waals surface area (Å²) in [5.74, 6) is 0.629. The minimum Gasteiger partial charge on any atom is -0.488 e. The van der Waals surface area contributed by atoms with Crippen LogP contribution in [0.5, 0.6) is 5.75 Å². The summed E-state index contributed by atoms with van der Waals surface area (Å²) in [7, 11) is 0. The monoisotopic (exact) mass is 420 g/mol. The number of hydrogen-bond acceptors (Lipinski definition) is 3. The lowest BCUT2D eigenvalue weighted by molar-refractivity contribution is 0.0742. The largest absolute Gasteiger partial charge is 0.488 e. The smallest absolute Gasteiger partial charge is 0.257 e. The highest BCUT2D eigenvalue weighted by molar-refractivity contribution is 6.30. The molecule has 1 saturated heterocycles. The highest BCUT2D eigenvalue weighted by Crippen LogP contribution is 2.24. The number of nitrogens with zero attached hydrogens (tertiary/aromatic N) is 2. The number of benzene rings is 3. The van der Waals surface area contributed by atoms with Crippen molar-refractivity contribution in [2.45, 2.75) is 13.5 Å². The minimum atomic E-state index is 0.0191. The molecule has 0 aromatic heterocycles. The van der Waals surface area contributed by atoms with E-state index >= 15 is 0 Å². The van der Waals surface area contributed by atoms with Gasteiger partial charge in [-0.15, -0.1) is 0 Å². The van der Waals surface area contributed by atoms with Gasteiger partial charge >= 0.3 is 0 Å². The number of halogens is 1. The molecule has 3 aromatic carbocycles. The van der Waals surface area contributed by atoms with E-state index in [2.05, 4.69) is 36.1 Å². The van der Waals surface area contributed by atoms with Crippen molar-refractivity contribution in [3.63, 3.8) is 0 Å². The van der Waals surface area contributed by atoms with E-state index in [-0.39, 0.29) is 5.91 Å². The summed E-state index contributed by atoms with van der Waals surface area (Å²) in [5, 5.41) is 0.694. The Hall–Kier alpha value is -2.98. The molecule has 1 fully saturated rings. The lowest BCUT2D eigenvalue weighted by Gasteiger charge is -2.36. The Morgan fingerprint density at radius 2 is 1.67 bits per heavy atom. The number of amides is 1. The van der Waals surface area contributed by atoms with Crippen molar-refractivity contribution >= 4 is 23.2 Å². The normalized spacial score (nSPS) is 13.9. The molecule has 30 heavy (non-hydrogen) atoms. The zero-order chi connectivity index (χ0) is 20.9. The molecule has 0 aliphatic carbocycles. The predicted octanol–water partition coefficient (Wildman–Crippen LogP) is 5.19. The van der Waals surface area contributed by atoms with E-state index in [1.165, 1.54) is 11.3 Å². The lowest BCUT2D eigenvalue weighted by atomic mass is 10.1. The van der Waals surface area contributed by atoms with Crippen LogP contribution in [0.1, 0.15) is 21.5 Å². The number of carbonyl (C=O) groups excluding carboxylic acids is 1. The maximum absolute atomic E-state index is 13.2. The molecule has 0 unspecified atom stereocenters. The van der Waals surface area contributed by atoms with E-state index in [0.717, 1.165) is 18.7 Å². The highest BCUT2D eigenvalue weighted by Gasteiger charge is 2.24. The number of hydrogen-bond donors (Lipinski definition) is 0. The second kappa shape index (κ2) is 9.23. The molecule has 4 nitrogen and oxygen atoms in total. The summed E-state index contributed by atoms with van der Waals surface area (Å²) >= 11 is 5.94. The Morgan fingerprint density at radius 1 is 0.933 bits per heavy atom. The van der Waals surface area contributed by atoms with Crippen LogP contribution < -0.4 is 9.64 Å². The van der Waals surface area contributed by atoms with Crippen LogP contribution in [-0.2, 0) is 6.61 Å². The molecule has 3 aromatic rings. The molecule has 0 radical (unpaired) electrons. The van der Waals surface area contributed by atoms with Gasteiger partial charge < -0.3 is 14.5 Å². The van der Waals surface area contributed by atoms with Crippen LogP contribution in [0, 0.1) is 6.92 Å². The van der Waals surface area contributed by atoms with Crippen LogP contribution in [0.15, 0.2) is 72.8 Å². The fourth-order valence-electron chi connectivity index (χ4n) is 3.67. The molecule has 4 rings (SSSR count). The first-order valence-electron chi connectivity index (χ1n) is 10.2. The van der Waals surface area contributed by atoms with Crippen molar-refractivity contribution < 1.29 is 9.53 Å². The van der Waals surface area contributed by atoms with Crippen molar-refractivity contribution in [2.24, 2.45) is 0 Å². The van der Waals surface area contributed by atoms with Gasteiger partial charge in [0.25, 0.3) is 5.91 Å². The van der Waals surface area contributed by atoms with Gasteiger partial charge in [-0.3, -0.25) is 4.79 Å². The number of aryl methyl sites for hydroxylation is 1. The number of ether oxygens (including phenoxy) is 1. The molecule has 1 heterocycles. The quantitative estimate of drug-likeness (QED) is 0.569. The molecule has 5 heteroatoms. The molecule has 0 N–H and O–H groups in total. The van der Waals surface area contributed by atoms with E-state index < -0.39 is 0 Å². The summed E-state index contributed by atoms with van der Waals surface area (Å²) in [6.45, 7) is 5.52. The van der Waals surface area contributed by atoms with Gasteiger partial charge in [-0.2, -0.15) is 0 Å². The number of carbonyl (C=O) groups is 1. The van der Waals surface area contributed by atoms with Crippen LogP contribution in [0.3, 0.4) is 0 Å². The van der Waals surface area contributed by atoms with E-state index in [9.17, 15) is 4.79 Å². The Balaban J connectivity index is 1.41. The molecule has 1 aliphatic rings. The van der Waals surface area contributed by atoms with Crippen LogP contribution in [-0.4, -0.2) is 37.0 Å². The van der Waals surface area contributed by atoms with E-state index in [4.69, 9.17) is 16.3 Å². The van der Waals surface area contributed by atoms with Crippen LogP contribution in [0.25, 0.3) is 0 Å². The fraction of sp³-hybridized carbons (Fsp3) is 0.240. The molecule has 1 amide bonds. The number of piperazine rings is 1. The van der Waals surface area contributed by atoms with Crippen LogP contribution >= 0.6 is 11.6 Å². The zero-order valence-corrected chi connectivity index (χ0v) is 17.8. The first-order valence-corrected chi connectivity index (χ1v) is 10.5. The second-order valence-corrected chi connectivity index (χ2v) is 7.97. The van der Waals surface area contributed by atoms with Gasteiger partial charge in [0.05, 0.1) is 5.56 Å². The molecular weight excluding hydrogens is 396 g/mol.